The molecule has 15 nitrogen and oxygen atoms in total. The minimum atomic E-state index is -3.92. The van der Waals surface area contributed by atoms with Crippen molar-refractivity contribution in [3.05, 3.63) is 67.3 Å². The molecule has 16 heteroatoms. The van der Waals surface area contributed by atoms with Gasteiger partial charge in [-0.3, -0.25) is 19.1 Å². The van der Waals surface area contributed by atoms with Gasteiger partial charge in [0, 0.05) is 18.0 Å². The summed E-state index contributed by atoms with van der Waals surface area (Å²) in [6.07, 6.45) is 0.873. The molecule has 4 amide bonds. The van der Waals surface area contributed by atoms with Crippen LogP contribution in [0.4, 0.5) is 16.3 Å². The first-order chi connectivity index (χ1) is 25.8. The highest BCUT2D eigenvalue weighted by atomic mass is 32.2. The van der Waals surface area contributed by atoms with Crippen LogP contribution in [-0.4, -0.2) is 88.2 Å². The smallest absolute Gasteiger partial charge is 0.408 e. The fourth-order valence-electron chi connectivity index (χ4n) is 6.60. The largest absolute Gasteiger partial charge is 0.470 e. The number of para-hydroxylation sites is 3. The number of carbonyl (C=O) groups is 4. The summed E-state index contributed by atoms with van der Waals surface area (Å²) in [7, 11) is -3.92. The molecular weight excluding hydrogens is 727 g/mol. The Labute approximate surface area is 321 Å². The van der Waals surface area contributed by atoms with Gasteiger partial charge >= 0.3 is 6.09 Å². The fourth-order valence-corrected chi connectivity index (χ4v) is 7.96. The Hall–Kier alpha value is -5.25. The average molecular weight is 776 g/mol. The predicted octanol–water partition coefficient (Wildman–Crippen LogP) is 4.33. The molecule has 55 heavy (non-hydrogen) atoms. The van der Waals surface area contributed by atoms with Crippen LogP contribution in [0.5, 0.6) is 5.88 Å². The lowest BCUT2D eigenvalue weighted by molar-refractivity contribution is -0.143. The molecule has 1 saturated heterocycles. The van der Waals surface area contributed by atoms with Crippen molar-refractivity contribution in [1.29, 1.82) is 0 Å². The quantitative estimate of drug-likeness (QED) is 0.191. The van der Waals surface area contributed by atoms with Crippen LogP contribution >= 0.6 is 0 Å². The summed E-state index contributed by atoms with van der Waals surface area (Å²) in [4.78, 5) is 66.4. The molecule has 2 heterocycles. The SMILES string of the molecule is C=C[C@@H]1CC1(NC(=O)[C@@H]1C[C@@H](Oc2nc3ccccc3nc2Nc2ccccc2)CN1C(=O)[C@@H](NC(=O)OC(C)(C)C)C(C)(C)C)C(=O)NS(=O)(=O)C1CC1. The minimum Gasteiger partial charge on any atom is -0.470 e. The standard InChI is InChI=1S/C39H49N7O8S/c1-8-23-21-39(23,35(49)45-55(51,52)26-18-19-26)44-32(47)29-20-25(22-46(29)34(48)30(37(2,3)4)43-36(50)54-38(5,6)7)53-33-31(40-24-14-10-9-11-15-24)41-27-16-12-13-17-28(27)42-33/h8-17,23,25-26,29-30H,1,18-22H2,2-7H3,(H,40,41)(H,43,50)(H,44,47)(H,45,49)/t23-,25-,29+,30-,39?/m1/s1. The van der Waals surface area contributed by atoms with Crippen LogP contribution in [0.15, 0.2) is 67.3 Å². The van der Waals surface area contributed by atoms with E-state index >= 15 is 0 Å². The number of alkyl carbamates (subject to hydrolysis) is 1. The third kappa shape index (κ3) is 9.01. The van der Waals surface area contributed by atoms with Crippen LogP contribution in [0.25, 0.3) is 11.0 Å². The number of aromatic nitrogens is 2. The lowest BCUT2D eigenvalue weighted by Gasteiger charge is -2.36. The number of likely N-dealkylation sites (tertiary alicyclic amines) is 1. The van der Waals surface area contributed by atoms with E-state index < -0.39 is 79.7 Å². The number of rotatable bonds is 12. The number of nitrogens with one attached hydrogen (secondary N) is 4. The fraction of sp³-hybridized carbons (Fsp3) is 0.487. The Kier molecular flexibility index (Phi) is 10.6. The molecule has 2 aliphatic carbocycles. The van der Waals surface area contributed by atoms with Crippen molar-refractivity contribution in [1.82, 2.24) is 30.2 Å². The highest BCUT2D eigenvalue weighted by Crippen LogP contribution is 2.45. The van der Waals surface area contributed by atoms with Crippen molar-refractivity contribution in [3.63, 3.8) is 0 Å². The number of nitrogens with zero attached hydrogens (tertiary/aromatic N) is 3. The molecule has 2 saturated carbocycles. The van der Waals surface area contributed by atoms with E-state index in [2.05, 4.69) is 27.3 Å². The van der Waals surface area contributed by atoms with Crippen molar-refractivity contribution in [3.8, 4) is 5.88 Å². The number of sulfonamides is 1. The molecule has 1 aromatic heterocycles. The topological polar surface area (TPSA) is 198 Å². The van der Waals surface area contributed by atoms with Crippen LogP contribution in [0.2, 0.25) is 0 Å². The van der Waals surface area contributed by atoms with Crippen molar-refractivity contribution in [2.75, 3.05) is 11.9 Å². The average Bonchev–Trinajstić information content (AvgIpc) is 4.03. The predicted molar refractivity (Wildman–Crippen MR) is 206 cm³/mol. The number of fused-ring (bicyclic) bond motifs is 1. The van der Waals surface area contributed by atoms with Gasteiger partial charge < -0.3 is 30.3 Å². The Bertz CT molecular complexity index is 2100. The van der Waals surface area contributed by atoms with E-state index in [0.29, 0.717) is 29.7 Å². The van der Waals surface area contributed by atoms with Crippen LogP contribution in [-0.2, 0) is 29.1 Å². The van der Waals surface area contributed by atoms with E-state index in [9.17, 15) is 27.6 Å². The summed E-state index contributed by atoms with van der Waals surface area (Å²) in [6.45, 7) is 14.1. The Morgan fingerprint density at radius 3 is 2.18 bits per heavy atom. The van der Waals surface area contributed by atoms with Gasteiger partial charge in [-0.1, -0.05) is 57.2 Å². The van der Waals surface area contributed by atoms with Crippen LogP contribution in [0, 0.1) is 11.3 Å². The highest BCUT2D eigenvalue weighted by Gasteiger charge is 2.62. The van der Waals surface area contributed by atoms with E-state index in [-0.39, 0.29) is 25.3 Å². The number of benzene rings is 2. The first kappa shape index (κ1) is 39.4. The number of ether oxygens (including phenoxy) is 2. The summed E-state index contributed by atoms with van der Waals surface area (Å²) in [6, 6.07) is 14.3. The van der Waals surface area contributed by atoms with E-state index in [1.807, 2.05) is 48.5 Å². The van der Waals surface area contributed by atoms with Crippen molar-refractivity contribution in [2.24, 2.45) is 11.3 Å². The molecule has 3 fully saturated rings. The Morgan fingerprint density at radius 1 is 0.964 bits per heavy atom. The van der Waals surface area contributed by atoms with Gasteiger partial charge in [-0.25, -0.2) is 23.2 Å². The first-order valence-corrected chi connectivity index (χ1v) is 19.9. The third-order valence-electron chi connectivity index (χ3n) is 9.72. The van der Waals surface area contributed by atoms with Gasteiger partial charge in [0.2, 0.25) is 21.8 Å². The molecular formula is C39H49N7O8S. The highest BCUT2D eigenvalue weighted by molar-refractivity contribution is 7.91. The molecule has 0 radical (unpaired) electrons. The van der Waals surface area contributed by atoms with Crippen LogP contribution in [0.3, 0.4) is 0 Å². The molecule has 5 atom stereocenters. The number of hydrogen-bond donors (Lipinski definition) is 4. The normalized spacial score (nSPS) is 22.9. The monoisotopic (exact) mass is 775 g/mol. The summed E-state index contributed by atoms with van der Waals surface area (Å²) in [5, 5.41) is 8.10. The van der Waals surface area contributed by atoms with E-state index in [4.69, 9.17) is 19.4 Å². The minimum absolute atomic E-state index is 0.0308. The molecule has 294 valence electrons. The van der Waals surface area contributed by atoms with Crippen LogP contribution < -0.4 is 25.4 Å². The summed E-state index contributed by atoms with van der Waals surface area (Å²) >= 11 is 0. The number of hydrogen-bond acceptors (Lipinski definition) is 11. The molecule has 0 spiro atoms. The maximum absolute atomic E-state index is 14.6. The summed E-state index contributed by atoms with van der Waals surface area (Å²) in [5.74, 6) is -2.23. The molecule has 0 bridgehead atoms. The molecule has 4 N–H and O–H groups in total. The number of carbonyl (C=O) groups excluding carboxylic acids is 4. The van der Waals surface area contributed by atoms with Crippen molar-refractivity contribution in [2.45, 2.75) is 102 Å². The molecule has 1 aliphatic heterocycles. The van der Waals surface area contributed by atoms with E-state index in [0.717, 1.165) is 5.69 Å². The van der Waals surface area contributed by atoms with Crippen LogP contribution in [0.1, 0.15) is 67.2 Å². The second-order valence-corrected chi connectivity index (χ2v) is 18.4. The second-order valence-electron chi connectivity index (χ2n) is 16.5. The summed E-state index contributed by atoms with van der Waals surface area (Å²) < 4.78 is 39.6. The van der Waals surface area contributed by atoms with Gasteiger partial charge in [0.1, 0.15) is 29.3 Å². The first-order valence-electron chi connectivity index (χ1n) is 18.4. The Balaban J connectivity index is 1.32. The molecule has 3 aliphatic rings. The van der Waals surface area contributed by atoms with Gasteiger partial charge in [-0.15, -0.1) is 6.58 Å². The molecule has 1 unspecified atom stereocenters. The van der Waals surface area contributed by atoms with E-state index in [1.54, 1.807) is 47.6 Å². The second kappa shape index (κ2) is 14.8. The molecule has 3 aromatic rings. The zero-order valence-electron chi connectivity index (χ0n) is 31.9. The summed E-state index contributed by atoms with van der Waals surface area (Å²) in [5.41, 5.74) is -1.36. The lowest BCUT2D eigenvalue weighted by Crippen LogP contribution is -2.60. The number of anilines is 2. The third-order valence-corrected chi connectivity index (χ3v) is 11.5. The maximum Gasteiger partial charge on any atom is 0.408 e. The zero-order chi connectivity index (χ0) is 39.9. The van der Waals surface area contributed by atoms with Gasteiger partial charge in [0.15, 0.2) is 5.82 Å². The van der Waals surface area contributed by atoms with Gasteiger partial charge in [0.25, 0.3) is 11.8 Å². The maximum atomic E-state index is 14.6. The van der Waals surface area contributed by atoms with Gasteiger partial charge in [-0.05, 0) is 69.7 Å². The molecule has 6 rings (SSSR count). The van der Waals surface area contributed by atoms with Gasteiger partial charge in [0.05, 0.1) is 22.8 Å². The lowest BCUT2D eigenvalue weighted by atomic mass is 9.85. The Morgan fingerprint density at radius 2 is 1.60 bits per heavy atom. The van der Waals surface area contributed by atoms with Gasteiger partial charge in [-0.2, -0.15) is 0 Å². The van der Waals surface area contributed by atoms with Crippen molar-refractivity contribution < 1.29 is 37.1 Å². The zero-order valence-corrected chi connectivity index (χ0v) is 32.7. The number of amides is 4. The van der Waals surface area contributed by atoms with Crippen molar-refractivity contribution >= 4 is 56.4 Å². The van der Waals surface area contributed by atoms with E-state index in [1.165, 1.54) is 11.0 Å². The molecule has 2 aromatic carbocycles.